The third-order valence-corrected chi connectivity index (χ3v) is 5.17. The van der Waals surface area contributed by atoms with Crippen LogP contribution in [-0.4, -0.2) is 52.2 Å². The highest BCUT2D eigenvalue weighted by Crippen LogP contribution is 2.31. The van der Waals surface area contributed by atoms with E-state index in [9.17, 15) is 5.11 Å². The van der Waals surface area contributed by atoms with E-state index in [4.69, 9.17) is 26.3 Å². The fourth-order valence-corrected chi connectivity index (χ4v) is 3.73. The molecule has 0 aliphatic heterocycles. The van der Waals surface area contributed by atoms with E-state index in [0.717, 1.165) is 27.9 Å². The number of aliphatic hydroxyl groups is 1. The predicted octanol–water partition coefficient (Wildman–Crippen LogP) is 4.32. The van der Waals surface area contributed by atoms with Crippen molar-refractivity contribution < 1.29 is 9.84 Å². The summed E-state index contributed by atoms with van der Waals surface area (Å²) in [4.78, 5) is 15.1. The molecule has 0 radical (unpaired) electrons. The Morgan fingerprint density at radius 1 is 1.09 bits per heavy atom. The van der Waals surface area contributed by atoms with Gasteiger partial charge in [0.1, 0.15) is 23.8 Å². The summed E-state index contributed by atoms with van der Waals surface area (Å²) in [6, 6.07) is 17.2. The summed E-state index contributed by atoms with van der Waals surface area (Å²) in [7, 11) is 4.03. The van der Waals surface area contributed by atoms with Gasteiger partial charge in [0.2, 0.25) is 0 Å². The van der Waals surface area contributed by atoms with Gasteiger partial charge in [-0.2, -0.15) is 0 Å². The number of benzene rings is 2. The van der Waals surface area contributed by atoms with E-state index in [-0.39, 0.29) is 6.61 Å². The molecule has 0 saturated carbocycles. The highest BCUT2D eigenvalue weighted by Gasteiger charge is 2.20. The lowest BCUT2D eigenvalue weighted by Crippen LogP contribution is -2.14. The third-order valence-electron chi connectivity index (χ3n) is 4.93. The van der Waals surface area contributed by atoms with Crippen LogP contribution in [0.1, 0.15) is 11.3 Å². The van der Waals surface area contributed by atoms with Crippen LogP contribution in [0.15, 0.2) is 54.6 Å². The molecule has 0 saturated heterocycles. The standard InChI is InChI=1S/C24H26ClN5O2/c1-30(2)14-19-20(15-32-18-10-6-9-17(25)13-18)27-24-21(19)23(26-11-12-31)28-22(29-24)16-7-4-3-5-8-16/h3-10,13,31H,11-12,14-15H2,1-2H3,(H2,26,27,28,29). The first-order valence-electron chi connectivity index (χ1n) is 10.4. The van der Waals surface area contributed by atoms with Crippen LogP contribution < -0.4 is 10.1 Å². The molecule has 4 aromatic rings. The van der Waals surface area contributed by atoms with Gasteiger partial charge >= 0.3 is 0 Å². The number of halogens is 1. The Morgan fingerprint density at radius 3 is 2.62 bits per heavy atom. The minimum absolute atomic E-state index is 0.00430. The van der Waals surface area contributed by atoms with Crippen LogP contribution in [-0.2, 0) is 13.2 Å². The highest BCUT2D eigenvalue weighted by atomic mass is 35.5. The van der Waals surface area contributed by atoms with E-state index in [1.807, 2.05) is 62.6 Å². The summed E-state index contributed by atoms with van der Waals surface area (Å²) in [6.07, 6.45) is 0. The van der Waals surface area contributed by atoms with E-state index in [1.165, 1.54) is 0 Å². The zero-order valence-electron chi connectivity index (χ0n) is 18.1. The minimum Gasteiger partial charge on any atom is -0.487 e. The zero-order chi connectivity index (χ0) is 22.5. The van der Waals surface area contributed by atoms with Gasteiger partial charge in [-0.05, 0) is 32.3 Å². The molecule has 166 valence electrons. The molecule has 2 aromatic heterocycles. The van der Waals surface area contributed by atoms with Crippen LogP contribution in [0.4, 0.5) is 5.82 Å². The van der Waals surface area contributed by atoms with Crippen molar-refractivity contribution in [3.8, 4) is 17.1 Å². The Hall–Kier alpha value is -3.13. The predicted molar refractivity (Wildman–Crippen MR) is 128 cm³/mol. The monoisotopic (exact) mass is 451 g/mol. The van der Waals surface area contributed by atoms with Gasteiger partial charge in [0.25, 0.3) is 0 Å². The largest absolute Gasteiger partial charge is 0.487 e. The van der Waals surface area contributed by atoms with Gasteiger partial charge in [-0.1, -0.05) is 48.0 Å². The Bertz CT molecular complexity index is 1190. The second-order valence-corrected chi connectivity index (χ2v) is 8.14. The number of rotatable bonds is 9. The van der Waals surface area contributed by atoms with Crippen LogP contribution in [0.25, 0.3) is 22.4 Å². The van der Waals surface area contributed by atoms with Crippen molar-refractivity contribution in [1.82, 2.24) is 19.9 Å². The molecule has 8 heteroatoms. The van der Waals surface area contributed by atoms with Gasteiger partial charge in [0, 0.05) is 29.2 Å². The second kappa shape index (κ2) is 9.99. The Kier molecular flexibility index (Phi) is 6.90. The molecule has 7 nitrogen and oxygen atoms in total. The first-order chi connectivity index (χ1) is 15.5. The van der Waals surface area contributed by atoms with Gasteiger partial charge in [-0.3, -0.25) is 0 Å². The first-order valence-corrected chi connectivity index (χ1v) is 10.8. The van der Waals surface area contributed by atoms with Crippen molar-refractivity contribution in [3.05, 3.63) is 70.9 Å². The lowest BCUT2D eigenvalue weighted by atomic mass is 10.1. The number of ether oxygens (including phenoxy) is 1. The summed E-state index contributed by atoms with van der Waals surface area (Å²) in [5, 5.41) is 14.2. The summed E-state index contributed by atoms with van der Waals surface area (Å²) in [6.45, 7) is 1.40. The zero-order valence-corrected chi connectivity index (χ0v) is 18.9. The van der Waals surface area contributed by atoms with E-state index >= 15 is 0 Å². The van der Waals surface area contributed by atoms with Gasteiger partial charge in [0.05, 0.1) is 17.7 Å². The molecule has 0 unspecified atom stereocenters. The molecule has 0 fully saturated rings. The van der Waals surface area contributed by atoms with Crippen LogP contribution in [0.5, 0.6) is 5.75 Å². The number of nitrogens with one attached hydrogen (secondary N) is 2. The van der Waals surface area contributed by atoms with Crippen molar-refractivity contribution in [1.29, 1.82) is 0 Å². The number of hydrogen-bond donors (Lipinski definition) is 3. The molecular formula is C24H26ClN5O2. The first kappa shape index (κ1) is 22.1. The molecule has 0 amide bonds. The maximum atomic E-state index is 9.39. The molecule has 0 spiro atoms. The SMILES string of the molecule is CN(C)Cc1c(COc2cccc(Cl)c2)[nH]c2nc(-c3ccccc3)nc(NCCO)c12. The minimum atomic E-state index is 0.00430. The number of aromatic nitrogens is 3. The number of nitrogens with zero attached hydrogens (tertiary/aromatic N) is 3. The third kappa shape index (κ3) is 5.02. The van der Waals surface area contributed by atoms with Crippen molar-refractivity contribution in [2.24, 2.45) is 0 Å². The topological polar surface area (TPSA) is 86.3 Å². The summed E-state index contributed by atoms with van der Waals surface area (Å²) in [5.41, 5.74) is 3.61. The number of fused-ring (bicyclic) bond motifs is 1. The summed E-state index contributed by atoms with van der Waals surface area (Å²) in [5.74, 6) is 1.99. The molecule has 0 atom stereocenters. The average molecular weight is 452 g/mol. The Balaban J connectivity index is 1.80. The van der Waals surface area contributed by atoms with Crippen LogP contribution >= 0.6 is 11.6 Å². The molecule has 4 rings (SSSR count). The number of hydrogen-bond acceptors (Lipinski definition) is 6. The fourth-order valence-electron chi connectivity index (χ4n) is 3.55. The molecular weight excluding hydrogens is 426 g/mol. The van der Waals surface area contributed by atoms with Crippen molar-refractivity contribution in [3.63, 3.8) is 0 Å². The number of anilines is 1. The second-order valence-electron chi connectivity index (χ2n) is 7.70. The van der Waals surface area contributed by atoms with E-state index in [0.29, 0.717) is 42.1 Å². The van der Waals surface area contributed by atoms with Gasteiger partial charge in [0.15, 0.2) is 5.82 Å². The quantitative estimate of drug-likeness (QED) is 0.351. The van der Waals surface area contributed by atoms with Gasteiger partial charge < -0.3 is 25.0 Å². The lowest BCUT2D eigenvalue weighted by Gasteiger charge is -2.14. The molecule has 3 N–H and O–H groups in total. The molecule has 32 heavy (non-hydrogen) atoms. The smallest absolute Gasteiger partial charge is 0.163 e. The van der Waals surface area contributed by atoms with Crippen molar-refractivity contribution >= 4 is 28.5 Å². The van der Waals surface area contributed by atoms with Crippen molar-refractivity contribution in [2.45, 2.75) is 13.2 Å². The number of aliphatic hydroxyl groups excluding tert-OH is 1. The molecule has 2 heterocycles. The number of aromatic amines is 1. The van der Waals surface area contributed by atoms with Gasteiger partial charge in [-0.15, -0.1) is 0 Å². The molecule has 0 aliphatic rings. The Labute approximate surface area is 192 Å². The molecule has 0 aliphatic carbocycles. The summed E-state index contributed by atoms with van der Waals surface area (Å²) < 4.78 is 6.02. The van der Waals surface area contributed by atoms with E-state index in [2.05, 4.69) is 15.2 Å². The van der Waals surface area contributed by atoms with E-state index in [1.54, 1.807) is 6.07 Å². The number of H-pyrrole nitrogens is 1. The average Bonchev–Trinajstić information content (AvgIpc) is 3.13. The Morgan fingerprint density at radius 2 is 1.91 bits per heavy atom. The van der Waals surface area contributed by atoms with Crippen molar-refractivity contribution in [2.75, 3.05) is 32.6 Å². The normalized spacial score (nSPS) is 11.3. The highest BCUT2D eigenvalue weighted by molar-refractivity contribution is 6.30. The fraction of sp³-hybridized carbons (Fsp3) is 0.250. The van der Waals surface area contributed by atoms with Crippen LogP contribution in [0.2, 0.25) is 5.02 Å². The lowest BCUT2D eigenvalue weighted by molar-refractivity contribution is 0.298. The molecule has 2 aromatic carbocycles. The van der Waals surface area contributed by atoms with Crippen LogP contribution in [0.3, 0.4) is 0 Å². The maximum absolute atomic E-state index is 9.39. The maximum Gasteiger partial charge on any atom is 0.163 e. The summed E-state index contributed by atoms with van der Waals surface area (Å²) >= 11 is 6.09. The van der Waals surface area contributed by atoms with Crippen LogP contribution in [0, 0.1) is 0 Å². The van der Waals surface area contributed by atoms with E-state index < -0.39 is 0 Å². The van der Waals surface area contributed by atoms with Gasteiger partial charge in [-0.25, -0.2) is 9.97 Å². The molecule has 0 bridgehead atoms.